The SMILES string of the molecule is NCC1(C(=O)N2CCN(c3ccccc3Cl)CC2)CC1. The van der Waals surface area contributed by atoms with E-state index >= 15 is 0 Å². The zero-order valence-corrected chi connectivity index (χ0v) is 12.3. The topological polar surface area (TPSA) is 49.6 Å². The van der Waals surface area contributed by atoms with E-state index < -0.39 is 0 Å². The van der Waals surface area contributed by atoms with Crippen LogP contribution in [0.1, 0.15) is 12.8 Å². The molecule has 0 unspecified atom stereocenters. The van der Waals surface area contributed by atoms with Gasteiger partial charge in [-0.25, -0.2) is 0 Å². The van der Waals surface area contributed by atoms with Gasteiger partial charge in [-0.2, -0.15) is 0 Å². The molecule has 2 aliphatic rings. The molecule has 1 aromatic carbocycles. The van der Waals surface area contributed by atoms with Crippen LogP contribution in [-0.4, -0.2) is 43.5 Å². The van der Waals surface area contributed by atoms with Crippen molar-refractivity contribution >= 4 is 23.2 Å². The third-order valence-electron chi connectivity index (χ3n) is 4.46. The lowest BCUT2D eigenvalue weighted by molar-refractivity contribution is -0.136. The van der Waals surface area contributed by atoms with Crippen molar-refractivity contribution in [1.82, 2.24) is 4.90 Å². The highest BCUT2D eigenvalue weighted by Crippen LogP contribution is 2.46. The van der Waals surface area contributed by atoms with Gasteiger partial charge in [-0.3, -0.25) is 4.79 Å². The van der Waals surface area contributed by atoms with E-state index in [0.29, 0.717) is 6.54 Å². The number of rotatable bonds is 3. The van der Waals surface area contributed by atoms with E-state index in [2.05, 4.69) is 4.90 Å². The molecule has 2 fully saturated rings. The van der Waals surface area contributed by atoms with Crippen molar-refractivity contribution in [2.45, 2.75) is 12.8 Å². The monoisotopic (exact) mass is 293 g/mol. The number of carbonyl (C=O) groups is 1. The van der Waals surface area contributed by atoms with Crippen molar-refractivity contribution in [3.8, 4) is 0 Å². The Morgan fingerprint density at radius 2 is 1.85 bits per heavy atom. The highest BCUT2D eigenvalue weighted by atomic mass is 35.5. The number of nitrogens with zero attached hydrogens (tertiary/aromatic N) is 2. The Morgan fingerprint density at radius 3 is 2.40 bits per heavy atom. The van der Waals surface area contributed by atoms with Crippen LogP contribution in [0, 0.1) is 5.41 Å². The number of anilines is 1. The summed E-state index contributed by atoms with van der Waals surface area (Å²) in [4.78, 5) is 16.6. The van der Waals surface area contributed by atoms with Crippen LogP contribution in [0.2, 0.25) is 5.02 Å². The summed E-state index contributed by atoms with van der Waals surface area (Å²) in [5.41, 5.74) is 6.57. The van der Waals surface area contributed by atoms with Gasteiger partial charge in [0.1, 0.15) is 0 Å². The summed E-state index contributed by atoms with van der Waals surface area (Å²) in [5.74, 6) is 0.249. The first kappa shape index (κ1) is 13.7. The van der Waals surface area contributed by atoms with E-state index in [1.165, 1.54) is 0 Å². The van der Waals surface area contributed by atoms with Gasteiger partial charge >= 0.3 is 0 Å². The number of nitrogens with two attached hydrogens (primary N) is 1. The Bertz CT molecular complexity index is 508. The molecule has 1 heterocycles. The Labute approximate surface area is 124 Å². The second-order valence-electron chi connectivity index (χ2n) is 5.72. The van der Waals surface area contributed by atoms with Crippen LogP contribution in [0.3, 0.4) is 0 Å². The summed E-state index contributed by atoms with van der Waals surface area (Å²) in [7, 11) is 0. The molecule has 1 aliphatic carbocycles. The maximum absolute atomic E-state index is 12.4. The predicted molar refractivity (Wildman–Crippen MR) is 81.0 cm³/mol. The molecule has 0 spiro atoms. The molecule has 1 saturated carbocycles. The number of para-hydroxylation sites is 1. The van der Waals surface area contributed by atoms with Crippen molar-refractivity contribution in [3.05, 3.63) is 29.3 Å². The summed E-state index contributed by atoms with van der Waals surface area (Å²) < 4.78 is 0. The molecule has 1 saturated heterocycles. The van der Waals surface area contributed by atoms with Gasteiger partial charge in [-0.05, 0) is 25.0 Å². The van der Waals surface area contributed by atoms with Gasteiger partial charge in [0.05, 0.1) is 16.1 Å². The maximum atomic E-state index is 12.4. The molecular formula is C15H20ClN3O. The van der Waals surface area contributed by atoms with E-state index in [4.69, 9.17) is 17.3 Å². The molecule has 1 aliphatic heterocycles. The molecule has 3 rings (SSSR count). The van der Waals surface area contributed by atoms with Crippen LogP contribution in [0.25, 0.3) is 0 Å². The van der Waals surface area contributed by atoms with Crippen LogP contribution in [0.4, 0.5) is 5.69 Å². The van der Waals surface area contributed by atoms with Crippen LogP contribution in [0.5, 0.6) is 0 Å². The Kier molecular flexibility index (Phi) is 3.61. The first-order chi connectivity index (χ1) is 9.66. The van der Waals surface area contributed by atoms with E-state index in [0.717, 1.165) is 49.7 Å². The third kappa shape index (κ3) is 2.38. The van der Waals surface area contributed by atoms with Gasteiger partial charge in [0.2, 0.25) is 5.91 Å². The number of piperazine rings is 1. The lowest BCUT2D eigenvalue weighted by Gasteiger charge is -2.38. The summed E-state index contributed by atoms with van der Waals surface area (Å²) >= 11 is 6.22. The molecule has 2 N–H and O–H groups in total. The van der Waals surface area contributed by atoms with Gasteiger partial charge in [0, 0.05) is 32.7 Å². The second-order valence-corrected chi connectivity index (χ2v) is 6.12. The molecule has 20 heavy (non-hydrogen) atoms. The summed E-state index contributed by atoms with van der Waals surface area (Å²) in [6.07, 6.45) is 1.90. The highest BCUT2D eigenvalue weighted by molar-refractivity contribution is 6.33. The van der Waals surface area contributed by atoms with Crippen molar-refractivity contribution in [2.75, 3.05) is 37.6 Å². The molecule has 108 valence electrons. The van der Waals surface area contributed by atoms with E-state index in [-0.39, 0.29) is 11.3 Å². The largest absolute Gasteiger partial charge is 0.367 e. The van der Waals surface area contributed by atoms with E-state index in [1.807, 2.05) is 29.2 Å². The smallest absolute Gasteiger partial charge is 0.230 e. The number of hydrogen-bond donors (Lipinski definition) is 1. The number of carbonyl (C=O) groups excluding carboxylic acids is 1. The van der Waals surface area contributed by atoms with Crippen LogP contribution in [-0.2, 0) is 4.79 Å². The molecular weight excluding hydrogens is 274 g/mol. The molecule has 0 radical (unpaired) electrons. The molecule has 1 aromatic rings. The molecule has 5 heteroatoms. The fourth-order valence-corrected chi connectivity index (χ4v) is 3.11. The molecule has 4 nitrogen and oxygen atoms in total. The normalized spacial score (nSPS) is 20.9. The molecule has 0 bridgehead atoms. The zero-order chi connectivity index (χ0) is 14.2. The minimum Gasteiger partial charge on any atom is -0.367 e. The lowest BCUT2D eigenvalue weighted by atomic mass is 10.1. The molecule has 0 atom stereocenters. The second kappa shape index (κ2) is 5.26. The van der Waals surface area contributed by atoms with Crippen molar-refractivity contribution in [1.29, 1.82) is 0 Å². The third-order valence-corrected chi connectivity index (χ3v) is 4.78. The zero-order valence-electron chi connectivity index (χ0n) is 11.5. The number of hydrogen-bond acceptors (Lipinski definition) is 3. The molecule has 0 aromatic heterocycles. The minimum absolute atomic E-state index is 0.230. The predicted octanol–water partition coefficient (Wildman–Crippen LogP) is 1.73. The number of amides is 1. The van der Waals surface area contributed by atoms with E-state index in [9.17, 15) is 4.79 Å². The Balaban J connectivity index is 1.63. The number of benzene rings is 1. The van der Waals surface area contributed by atoms with E-state index in [1.54, 1.807) is 0 Å². The fourth-order valence-electron chi connectivity index (χ4n) is 2.85. The summed E-state index contributed by atoms with van der Waals surface area (Å²) in [5, 5.41) is 0.771. The van der Waals surface area contributed by atoms with Crippen LogP contribution >= 0.6 is 11.6 Å². The highest BCUT2D eigenvalue weighted by Gasteiger charge is 2.50. The van der Waals surface area contributed by atoms with Crippen LogP contribution in [0.15, 0.2) is 24.3 Å². The average molecular weight is 294 g/mol. The number of halogens is 1. The minimum atomic E-state index is -0.230. The standard InChI is InChI=1S/C15H20ClN3O/c16-12-3-1-2-4-13(12)18-7-9-19(10-8-18)14(20)15(11-17)5-6-15/h1-4H,5-11,17H2. The quantitative estimate of drug-likeness (QED) is 0.923. The van der Waals surface area contributed by atoms with Crippen LogP contribution < -0.4 is 10.6 Å². The summed E-state index contributed by atoms with van der Waals surface area (Å²) in [6.45, 7) is 3.65. The van der Waals surface area contributed by atoms with Gasteiger partial charge in [0.15, 0.2) is 0 Å². The lowest BCUT2D eigenvalue weighted by Crippen LogP contribution is -2.51. The first-order valence-electron chi connectivity index (χ1n) is 7.15. The molecule has 1 amide bonds. The van der Waals surface area contributed by atoms with Gasteiger partial charge in [-0.15, -0.1) is 0 Å². The van der Waals surface area contributed by atoms with Crippen molar-refractivity contribution in [3.63, 3.8) is 0 Å². The average Bonchev–Trinajstić information content (AvgIpc) is 3.28. The van der Waals surface area contributed by atoms with Crippen molar-refractivity contribution < 1.29 is 4.79 Å². The maximum Gasteiger partial charge on any atom is 0.230 e. The summed E-state index contributed by atoms with van der Waals surface area (Å²) in [6, 6.07) is 7.86. The van der Waals surface area contributed by atoms with Crippen molar-refractivity contribution in [2.24, 2.45) is 11.1 Å². The van der Waals surface area contributed by atoms with Gasteiger partial charge in [-0.1, -0.05) is 23.7 Å². The fraction of sp³-hybridized carbons (Fsp3) is 0.533. The Morgan fingerprint density at radius 1 is 1.20 bits per heavy atom. The van der Waals surface area contributed by atoms with Gasteiger partial charge in [0.25, 0.3) is 0 Å². The van der Waals surface area contributed by atoms with Gasteiger partial charge < -0.3 is 15.5 Å². The first-order valence-corrected chi connectivity index (χ1v) is 7.53. The Hall–Kier alpha value is -1.26.